The van der Waals surface area contributed by atoms with Gasteiger partial charge in [0.1, 0.15) is 0 Å². The van der Waals surface area contributed by atoms with E-state index in [1.165, 1.54) is 6.42 Å². The van der Waals surface area contributed by atoms with E-state index in [1.54, 1.807) is 0 Å². The van der Waals surface area contributed by atoms with Crippen LogP contribution in [0.4, 0.5) is 0 Å². The van der Waals surface area contributed by atoms with Gasteiger partial charge in [-0.25, -0.2) is 0 Å². The molecule has 0 spiro atoms. The quantitative estimate of drug-likeness (QED) is 0.792. The normalized spacial score (nSPS) is 23.5. The maximum Gasteiger partial charge on any atom is 0.239 e. The van der Waals surface area contributed by atoms with Crippen molar-refractivity contribution in [3.05, 3.63) is 0 Å². The summed E-state index contributed by atoms with van der Waals surface area (Å²) in [4.78, 5) is 13.9. The Morgan fingerprint density at radius 2 is 2.00 bits per heavy atom. The summed E-state index contributed by atoms with van der Waals surface area (Å²) >= 11 is 0. The van der Waals surface area contributed by atoms with E-state index in [0.717, 1.165) is 19.4 Å². The second-order valence-electron chi connectivity index (χ2n) is 4.65. The van der Waals surface area contributed by atoms with Crippen LogP contribution in [0.2, 0.25) is 0 Å². The van der Waals surface area contributed by atoms with Gasteiger partial charge >= 0.3 is 0 Å². The van der Waals surface area contributed by atoms with Crippen molar-refractivity contribution in [2.75, 3.05) is 6.54 Å². The zero-order valence-corrected chi connectivity index (χ0v) is 10.7. The molecular weight excluding hydrogens is 212 g/mol. The van der Waals surface area contributed by atoms with E-state index in [0.29, 0.717) is 6.04 Å². The van der Waals surface area contributed by atoms with Gasteiger partial charge in [-0.1, -0.05) is 13.8 Å². The zero-order chi connectivity index (χ0) is 10.7. The predicted molar refractivity (Wildman–Crippen MR) is 65.1 cm³/mol. The molecule has 4 heteroatoms. The van der Waals surface area contributed by atoms with E-state index in [9.17, 15) is 4.79 Å². The predicted octanol–water partition coefficient (Wildman–Crippen LogP) is 1.79. The van der Waals surface area contributed by atoms with Gasteiger partial charge in [-0.05, 0) is 32.1 Å². The summed E-state index contributed by atoms with van der Waals surface area (Å²) in [5.41, 5.74) is 5.86. The third-order valence-electron chi connectivity index (χ3n) is 3.09. The number of carbonyl (C=O) groups excluding carboxylic acids is 1. The molecule has 0 saturated carbocycles. The highest BCUT2D eigenvalue weighted by molar-refractivity contribution is 5.85. The molecule has 1 saturated heterocycles. The maximum atomic E-state index is 12.0. The molecule has 1 fully saturated rings. The average Bonchev–Trinajstić information content (AvgIpc) is 2.16. The minimum Gasteiger partial charge on any atom is -0.339 e. The van der Waals surface area contributed by atoms with Crippen LogP contribution >= 0.6 is 12.4 Å². The SMILES string of the molecule is CC(C)C(N)C(=O)N1CCCCC1C.Cl. The van der Waals surface area contributed by atoms with Crippen molar-refractivity contribution >= 4 is 18.3 Å². The number of likely N-dealkylation sites (tertiary alicyclic amines) is 1. The number of hydrogen-bond acceptors (Lipinski definition) is 2. The van der Waals surface area contributed by atoms with Gasteiger partial charge < -0.3 is 10.6 Å². The van der Waals surface area contributed by atoms with E-state index >= 15 is 0 Å². The van der Waals surface area contributed by atoms with Crippen molar-refractivity contribution in [2.24, 2.45) is 11.7 Å². The van der Waals surface area contributed by atoms with Crippen LogP contribution in [0.5, 0.6) is 0 Å². The van der Waals surface area contributed by atoms with Gasteiger partial charge in [-0.3, -0.25) is 4.79 Å². The van der Waals surface area contributed by atoms with Crippen LogP contribution in [0.15, 0.2) is 0 Å². The fraction of sp³-hybridized carbons (Fsp3) is 0.909. The summed E-state index contributed by atoms with van der Waals surface area (Å²) in [6.45, 7) is 7.00. The molecule has 1 amide bonds. The standard InChI is InChI=1S/C11H22N2O.ClH/c1-8(2)10(12)11(14)13-7-5-4-6-9(13)3;/h8-10H,4-7,12H2,1-3H3;1H. The van der Waals surface area contributed by atoms with Gasteiger partial charge in [0.25, 0.3) is 0 Å². The van der Waals surface area contributed by atoms with Crippen LogP contribution in [0, 0.1) is 5.92 Å². The van der Waals surface area contributed by atoms with E-state index in [2.05, 4.69) is 6.92 Å². The topological polar surface area (TPSA) is 46.3 Å². The fourth-order valence-corrected chi connectivity index (χ4v) is 1.90. The molecule has 2 unspecified atom stereocenters. The first kappa shape index (κ1) is 14.7. The van der Waals surface area contributed by atoms with Crippen LogP contribution in [0.3, 0.4) is 0 Å². The van der Waals surface area contributed by atoms with Gasteiger partial charge in [0.05, 0.1) is 6.04 Å². The van der Waals surface area contributed by atoms with E-state index in [-0.39, 0.29) is 30.3 Å². The third-order valence-corrected chi connectivity index (χ3v) is 3.09. The highest BCUT2D eigenvalue weighted by Gasteiger charge is 2.28. The van der Waals surface area contributed by atoms with Crippen molar-refractivity contribution in [3.8, 4) is 0 Å². The Morgan fingerprint density at radius 3 is 2.47 bits per heavy atom. The minimum absolute atomic E-state index is 0. The summed E-state index contributed by atoms with van der Waals surface area (Å²) in [7, 11) is 0. The van der Waals surface area contributed by atoms with Crippen molar-refractivity contribution < 1.29 is 4.79 Å². The fourth-order valence-electron chi connectivity index (χ4n) is 1.90. The molecule has 1 heterocycles. The molecule has 0 aliphatic carbocycles. The molecule has 0 aromatic carbocycles. The molecule has 0 aromatic heterocycles. The van der Waals surface area contributed by atoms with Crippen LogP contribution < -0.4 is 5.73 Å². The van der Waals surface area contributed by atoms with Gasteiger partial charge in [-0.15, -0.1) is 12.4 Å². The Bertz CT molecular complexity index is 209. The maximum absolute atomic E-state index is 12.0. The van der Waals surface area contributed by atoms with Crippen molar-refractivity contribution in [2.45, 2.75) is 52.1 Å². The van der Waals surface area contributed by atoms with E-state index in [1.807, 2.05) is 18.7 Å². The average molecular weight is 235 g/mol. The summed E-state index contributed by atoms with van der Waals surface area (Å²) in [5, 5.41) is 0. The van der Waals surface area contributed by atoms with Gasteiger partial charge in [-0.2, -0.15) is 0 Å². The third kappa shape index (κ3) is 3.65. The molecule has 2 N–H and O–H groups in total. The summed E-state index contributed by atoms with van der Waals surface area (Å²) < 4.78 is 0. The number of piperidine rings is 1. The van der Waals surface area contributed by atoms with Crippen molar-refractivity contribution in [3.63, 3.8) is 0 Å². The molecule has 0 radical (unpaired) electrons. The first-order chi connectivity index (χ1) is 6.54. The Kier molecular flexibility index (Phi) is 6.22. The molecular formula is C11H23ClN2O. The van der Waals surface area contributed by atoms with Crippen LogP contribution in [-0.2, 0) is 4.79 Å². The van der Waals surface area contributed by atoms with Gasteiger partial charge in [0, 0.05) is 12.6 Å². The lowest BCUT2D eigenvalue weighted by molar-refractivity contribution is -0.136. The molecule has 1 aliphatic rings. The number of amides is 1. The first-order valence-corrected chi connectivity index (χ1v) is 5.60. The van der Waals surface area contributed by atoms with Gasteiger partial charge in [0.15, 0.2) is 0 Å². The van der Waals surface area contributed by atoms with Crippen LogP contribution in [0.25, 0.3) is 0 Å². The lowest BCUT2D eigenvalue weighted by Crippen LogP contribution is -2.51. The number of rotatable bonds is 2. The van der Waals surface area contributed by atoms with E-state index < -0.39 is 0 Å². The number of halogens is 1. The molecule has 1 aliphatic heterocycles. The van der Waals surface area contributed by atoms with Crippen molar-refractivity contribution in [1.82, 2.24) is 4.90 Å². The highest BCUT2D eigenvalue weighted by atomic mass is 35.5. The second kappa shape index (κ2) is 6.33. The van der Waals surface area contributed by atoms with E-state index in [4.69, 9.17) is 5.73 Å². The Balaban J connectivity index is 0.00000196. The van der Waals surface area contributed by atoms with Crippen LogP contribution in [0.1, 0.15) is 40.0 Å². The van der Waals surface area contributed by atoms with Crippen molar-refractivity contribution in [1.29, 1.82) is 0 Å². The van der Waals surface area contributed by atoms with Crippen LogP contribution in [-0.4, -0.2) is 29.4 Å². The van der Waals surface area contributed by atoms with Gasteiger partial charge in [0.2, 0.25) is 5.91 Å². The first-order valence-electron chi connectivity index (χ1n) is 5.60. The lowest BCUT2D eigenvalue weighted by Gasteiger charge is -2.35. The number of nitrogens with two attached hydrogens (primary N) is 1. The summed E-state index contributed by atoms with van der Waals surface area (Å²) in [5.74, 6) is 0.365. The Labute approximate surface area is 98.8 Å². The Morgan fingerprint density at radius 1 is 1.40 bits per heavy atom. The monoisotopic (exact) mass is 234 g/mol. The zero-order valence-electron chi connectivity index (χ0n) is 9.90. The highest BCUT2D eigenvalue weighted by Crippen LogP contribution is 2.18. The molecule has 0 aromatic rings. The molecule has 90 valence electrons. The second-order valence-corrected chi connectivity index (χ2v) is 4.65. The lowest BCUT2D eigenvalue weighted by atomic mass is 9.99. The molecule has 3 nitrogen and oxygen atoms in total. The largest absolute Gasteiger partial charge is 0.339 e. The summed E-state index contributed by atoms with van der Waals surface area (Å²) in [6.07, 6.45) is 3.49. The smallest absolute Gasteiger partial charge is 0.239 e. The Hall–Kier alpha value is -0.280. The number of carbonyl (C=O) groups is 1. The summed E-state index contributed by atoms with van der Waals surface area (Å²) in [6, 6.07) is 0.0524. The molecule has 2 atom stereocenters. The minimum atomic E-state index is -0.324. The number of nitrogens with zero attached hydrogens (tertiary/aromatic N) is 1. The molecule has 0 bridgehead atoms. The molecule has 1 rings (SSSR count). The number of hydrogen-bond donors (Lipinski definition) is 1. The molecule has 15 heavy (non-hydrogen) atoms.